The number of hydrogen-bond donors (Lipinski definition) is 1. The van der Waals surface area contributed by atoms with Crippen molar-refractivity contribution in [1.82, 2.24) is 0 Å². The first-order chi connectivity index (χ1) is 1.41. The van der Waals surface area contributed by atoms with Crippen molar-refractivity contribution >= 4 is 53.0 Å². The van der Waals surface area contributed by atoms with Crippen molar-refractivity contribution in [2.75, 3.05) is 0 Å². The summed E-state index contributed by atoms with van der Waals surface area (Å²) < 4.78 is 0. The standard InChI is InChI=1S/CH2O2.BrH.Na.H/c2-1-3;;;/h1H,(H,2,3);1H;;. The van der Waals surface area contributed by atoms with Crippen molar-refractivity contribution in [3.8, 4) is 0 Å². The molecular weight excluding hydrogens is 147 g/mol. The Balaban J connectivity index is -0.0000000200. The first-order valence-corrected chi connectivity index (χ1v) is 0.494. The summed E-state index contributed by atoms with van der Waals surface area (Å²) in [5.74, 6) is 0. The van der Waals surface area contributed by atoms with E-state index in [2.05, 4.69) is 0 Å². The molecule has 0 heterocycles. The molecule has 0 aliphatic heterocycles. The van der Waals surface area contributed by atoms with Crippen LogP contribution in [0.4, 0.5) is 0 Å². The predicted molar refractivity (Wildman–Crippen MR) is 26.2 cm³/mol. The van der Waals surface area contributed by atoms with E-state index in [9.17, 15) is 0 Å². The summed E-state index contributed by atoms with van der Waals surface area (Å²) in [5, 5.41) is 6.89. The van der Waals surface area contributed by atoms with Gasteiger partial charge in [-0.1, -0.05) is 0 Å². The monoisotopic (exact) mass is 150 g/mol. The van der Waals surface area contributed by atoms with Crippen LogP contribution in [0.15, 0.2) is 0 Å². The topological polar surface area (TPSA) is 37.3 Å². The molecule has 2 nitrogen and oxygen atoms in total. The molecule has 0 saturated heterocycles. The molecule has 0 aromatic rings. The zero-order valence-corrected chi connectivity index (χ0v) is 3.55. The molecule has 0 aromatic heterocycles. The Bertz CT molecular complexity index is 17.1. The van der Waals surface area contributed by atoms with Crippen LogP contribution in [0, 0.1) is 0 Å². The zero-order valence-electron chi connectivity index (χ0n) is 1.84. The Labute approximate surface area is 62.6 Å². The number of carbonyl (C=O) groups is 1. The van der Waals surface area contributed by atoms with Gasteiger partial charge in [0, 0.05) is 0 Å². The normalized spacial score (nSPS) is 2.40. The fourth-order valence-electron chi connectivity index (χ4n) is 0. The Morgan fingerprint density at radius 2 is 1.60 bits per heavy atom. The van der Waals surface area contributed by atoms with Gasteiger partial charge in [0.2, 0.25) is 0 Å². The molecule has 0 fully saturated rings. The van der Waals surface area contributed by atoms with E-state index in [0.717, 1.165) is 0 Å². The van der Waals surface area contributed by atoms with Crippen molar-refractivity contribution in [2.45, 2.75) is 0 Å². The molecule has 0 aliphatic rings. The molecule has 28 valence electrons. The predicted octanol–water partition coefficient (Wildman–Crippen LogP) is -0.370. The molecule has 5 heavy (non-hydrogen) atoms. The minimum absolute atomic E-state index is 0. The molecule has 4 heteroatoms. The van der Waals surface area contributed by atoms with Crippen LogP contribution in [0.25, 0.3) is 0 Å². The van der Waals surface area contributed by atoms with Crippen LogP contribution in [0.5, 0.6) is 0 Å². The second-order valence-electron chi connectivity index (χ2n) is 0.105. The molecule has 0 bridgehead atoms. The average Bonchev–Trinajstić information content (AvgIpc) is 0.918. The van der Waals surface area contributed by atoms with Crippen molar-refractivity contribution < 1.29 is 9.90 Å². The van der Waals surface area contributed by atoms with Gasteiger partial charge in [0.25, 0.3) is 6.47 Å². The van der Waals surface area contributed by atoms with Crippen molar-refractivity contribution in [3.63, 3.8) is 0 Å². The third-order valence-electron chi connectivity index (χ3n) is 0. The second-order valence-corrected chi connectivity index (χ2v) is 0.105. The molecule has 0 aliphatic carbocycles. The Hall–Kier alpha value is 0.950. The minimum atomic E-state index is -0.250. The van der Waals surface area contributed by atoms with E-state index >= 15 is 0 Å². The van der Waals surface area contributed by atoms with Crippen LogP contribution in [0.1, 0.15) is 0 Å². The van der Waals surface area contributed by atoms with Gasteiger partial charge in [-0.15, -0.1) is 17.0 Å². The quantitative estimate of drug-likeness (QED) is 0.378. The molecule has 0 radical (unpaired) electrons. The van der Waals surface area contributed by atoms with Crippen LogP contribution < -0.4 is 0 Å². The molecule has 0 saturated carbocycles. The van der Waals surface area contributed by atoms with Gasteiger partial charge in [0.15, 0.2) is 0 Å². The van der Waals surface area contributed by atoms with Crippen LogP contribution in [-0.2, 0) is 4.79 Å². The van der Waals surface area contributed by atoms with Gasteiger partial charge >= 0.3 is 29.6 Å². The van der Waals surface area contributed by atoms with Crippen LogP contribution in [0.3, 0.4) is 0 Å². The summed E-state index contributed by atoms with van der Waals surface area (Å²) in [7, 11) is 0. The maximum absolute atomic E-state index is 8.36. The summed E-state index contributed by atoms with van der Waals surface area (Å²) in [6.45, 7) is -0.250. The van der Waals surface area contributed by atoms with Crippen molar-refractivity contribution in [1.29, 1.82) is 0 Å². The van der Waals surface area contributed by atoms with Gasteiger partial charge in [-0.3, -0.25) is 4.79 Å². The summed E-state index contributed by atoms with van der Waals surface area (Å²) in [6.07, 6.45) is 0. The summed E-state index contributed by atoms with van der Waals surface area (Å²) in [6, 6.07) is 0. The van der Waals surface area contributed by atoms with E-state index in [-0.39, 0.29) is 53.0 Å². The second kappa shape index (κ2) is 20.3. The fourth-order valence-corrected chi connectivity index (χ4v) is 0. The van der Waals surface area contributed by atoms with Crippen LogP contribution in [0.2, 0.25) is 0 Å². The van der Waals surface area contributed by atoms with Crippen molar-refractivity contribution in [3.05, 3.63) is 0 Å². The van der Waals surface area contributed by atoms with Gasteiger partial charge in [-0.25, -0.2) is 0 Å². The number of halogens is 1. The molecule has 0 rings (SSSR count). The van der Waals surface area contributed by atoms with Crippen molar-refractivity contribution in [2.24, 2.45) is 0 Å². The van der Waals surface area contributed by atoms with E-state index in [1.807, 2.05) is 0 Å². The first kappa shape index (κ1) is 16.8. The van der Waals surface area contributed by atoms with E-state index in [1.54, 1.807) is 0 Å². The third-order valence-corrected chi connectivity index (χ3v) is 0. The molecular formula is CH4BrNaO2. The van der Waals surface area contributed by atoms with E-state index < -0.39 is 0 Å². The SMILES string of the molecule is Br.O=CO.[NaH]. The van der Waals surface area contributed by atoms with E-state index in [0.29, 0.717) is 0 Å². The van der Waals surface area contributed by atoms with Gasteiger partial charge in [-0.2, -0.15) is 0 Å². The third kappa shape index (κ3) is 47.7. The van der Waals surface area contributed by atoms with Gasteiger partial charge in [-0.05, 0) is 0 Å². The van der Waals surface area contributed by atoms with Crippen LogP contribution >= 0.6 is 17.0 Å². The Kier molecular flexibility index (Phi) is 68.1. The average molecular weight is 151 g/mol. The van der Waals surface area contributed by atoms with E-state index in [1.165, 1.54) is 0 Å². The number of hydrogen-bond acceptors (Lipinski definition) is 1. The molecule has 0 spiro atoms. The van der Waals surface area contributed by atoms with Crippen LogP contribution in [-0.4, -0.2) is 41.1 Å². The van der Waals surface area contributed by atoms with E-state index in [4.69, 9.17) is 9.90 Å². The maximum atomic E-state index is 8.36. The molecule has 1 N–H and O–H groups in total. The molecule has 0 atom stereocenters. The first-order valence-electron chi connectivity index (χ1n) is 0.494. The number of rotatable bonds is 0. The van der Waals surface area contributed by atoms with Gasteiger partial charge in [0.05, 0.1) is 0 Å². The molecule has 0 amide bonds. The zero-order chi connectivity index (χ0) is 2.71. The summed E-state index contributed by atoms with van der Waals surface area (Å²) >= 11 is 0. The molecule has 0 unspecified atom stereocenters. The molecule has 0 aromatic carbocycles. The Morgan fingerprint density at radius 3 is 1.60 bits per heavy atom. The Morgan fingerprint density at radius 1 is 1.60 bits per heavy atom. The number of carboxylic acid groups (broad SMARTS) is 1. The summed E-state index contributed by atoms with van der Waals surface area (Å²) in [5.41, 5.74) is 0. The van der Waals surface area contributed by atoms with Gasteiger partial charge < -0.3 is 5.11 Å². The van der Waals surface area contributed by atoms with Gasteiger partial charge in [0.1, 0.15) is 0 Å². The summed E-state index contributed by atoms with van der Waals surface area (Å²) in [4.78, 5) is 8.36. The fraction of sp³-hybridized carbons (Fsp3) is 0.